The third-order valence-corrected chi connectivity index (χ3v) is 8.03. The summed E-state index contributed by atoms with van der Waals surface area (Å²) >= 11 is 0. The van der Waals surface area contributed by atoms with Crippen LogP contribution >= 0.6 is 0 Å². The van der Waals surface area contributed by atoms with E-state index in [1.165, 1.54) is 0 Å². The van der Waals surface area contributed by atoms with E-state index in [-0.39, 0.29) is 71.1 Å². The zero-order valence-electron chi connectivity index (χ0n) is 30.5. The number of rotatable bonds is 31. The maximum atomic E-state index is 13.0. The fourth-order valence-corrected chi connectivity index (χ4v) is 4.70. The predicted molar refractivity (Wildman–Crippen MR) is 172 cm³/mol. The molecule has 1 unspecified atom stereocenters. The van der Waals surface area contributed by atoms with Gasteiger partial charge in [0.2, 0.25) is 0 Å². The topological polar surface area (TPSA) is 83.5 Å². The summed E-state index contributed by atoms with van der Waals surface area (Å²) in [6.45, 7) is 8.89. The minimum atomic E-state index is -5.60. The first-order valence-corrected chi connectivity index (χ1v) is 18.1. The number of hydrogen-bond acceptors (Lipinski definition) is 8. The summed E-state index contributed by atoms with van der Waals surface area (Å²) in [5.41, 5.74) is 0. The molecule has 0 radical (unpaired) electrons. The van der Waals surface area contributed by atoms with Gasteiger partial charge in [-0.15, -0.1) is 0 Å². The Morgan fingerprint density at radius 1 is 0.577 bits per heavy atom. The zero-order chi connectivity index (χ0) is 39.7. The summed E-state index contributed by atoms with van der Waals surface area (Å²) in [5, 5.41) is 0. The summed E-state index contributed by atoms with van der Waals surface area (Å²) in [5.74, 6) is -10.3. The van der Waals surface area contributed by atoms with Crippen molar-refractivity contribution in [3.63, 3.8) is 0 Å². The lowest BCUT2D eigenvalue weighted by molar-refractivity contribution is -0.284. The van der Waals surface area contributed by atoms with Crippen LogP contribution in [0.3, 0.4) is 0 Å². The van der Waals surface area contributed by atoms with Crippen LogP contribution < -0.4 is 0 Å². The maximum absolute atomic E-state index is 13.0. The Bertz CT molecular complexity index is 895. The van der Waals surface area contributed by atoms with Gasteiger partial charge >= 0.3 is 36.3 Å². The normalized spacial score (nSPS) is 13.5. The lowest BCUT2D eigenvalue weighted by Gasteiger charge is -2.20. The van der Waals surface area contributed by atoms with Crippen molar-refractivity contribution in [1.82, 2.24) is 4.90 Å². The third kappa shape index (κ3) is 24.3. The number of ether oxygens (including phenoxy) is 5. The number of esters is 1. The van der Waals surface area contributed by atoms with Crippen LogP contribution in [-0.2, 0) is 28.5 Å². The Morgan fingerprint density at radius 2 is 1.06 bits per heavy atom. The van der Waals surface area contributed by atoms with Crippen molar-refractivity contribution in [3.8, 4) is 0 Å². The Hall–Kier alpha value is -2.08. The van der Waals surface area contributed by atoms with Crippen molar-refractivity contribution < 1.29 is 77.2 Å². The number of alkyl halides is 10. The molecule has 1 atom stereocenters. The smallest absolute Gasteiger partial charge is 0.465 e. The molecule has 0 aromatic carbocycles. The van der Waals surface area contributed by atoms with Crippen molar-refractivity contribution in [3.05, 3.63) is 0 Å². The third-order valence-electron chi connectivity index (χ3n) is 8.03. The first-order valence-electron chi connectivity index (χ1n) is 18.1. The second-order valence-electron chi connectivity index (χ2n) is 12.7. The predicted octanol–water partition coefficient (Wildman–Crippen LogP) is 10.3. The fourth-order valence-electron chi connectivity index (χ4n) is 4.70. The van der Waals surface area contributed by atoms with Crippen LogP contribution in [0.2, 0.25) is 0 Å². The summed E-state index contributed by atoms with van der Waals surface area (Å²) in [6, 6.07) is 0. The molecule has 0 heterocycles. The molecule has 0 fully saturated rings. The molecule has 310 valence electrons. The number of carbonyl (C=O) groups excluding carboxylic acids is 2. The van der Waals surface area contributed by atoms with Crippen LogP contribution in [0.5, 0.6) is 0 Å². The van der Waals surface area contributed by atoms with Gasteiger partial charge in [0.1, 0.15) is 6.61 Å². The number of carbonyl (C=O) groups is 2. The number of halogens is 10. The molecule has 0 saturated heterocycles. The molecule has 8 nitrogen and oxygen atoms in total. The molecule has 0 saturated carbocycles. The van der Waals surface area contributed by atoms with Gasteiger partial charge in [-0.05, 0) is 64.5 Å². The van der Waals surface area contributed by atoms with Gasteiger partial charge in [-0.1, -0.05) is 46.5 Å². The Balaban J connectivity index is 4.47. The summed E-state index contributed by atoms with van der Waals surface area (Å²) < 4.78 is 153. The van der Waals surface area contributed by atoms with Gasteiger partial charge in [0.25, 0.3) is 0 Å². The van der Waals surface area contributed by atoms with Gasteiger partial charge in [0.15, 0.2) is 6.29 Å². The van der Waals surface area contributed by atoms with Gasteiger partial charge in [-0.3, -0.25) is 4.79 Å². The Kier molecular flexibility index (Phi) is 25.6. The number of unbranched alkanes of at least 4 members (excludes halogenated alkanes) is 7. The summed E-state index contributed by atoms with van der Waals surface area (Å²) in [4.78, 5) is 26.2. The molecule has 0 N–H and O–H groups in total. The molecule has 0 amide bonds. The van der Waals surface area contributed by atoms with Gasteiger partial charge in [-0.2, -0.15) is 43.9 Å². The molecule has 0 spiro atoms. The van der Waals surface area contributed by atoms with E-state index in [0.29, 0.717) is 51.4 Å². The zero-order valence-corrected chi connectivity index (χ0v) is 30.5. The van der Waals surface area contributed by atoms with Crippen LogP contribution in [0.4, 0.5) is 48.7 Å². The Morgan fingerprint density at radius 3 is 1.54 bits per heavy atom. The molecular weight excluding hydrogens is 724 g/mol. The highest BCUT2D eigenvalue weighted by Crippen LogP contribution is 2.40. The van der Waals surface area contributed by atoms with Crippen molar-refractivity contribution in [2.45, 2.75) is 148 Å². The lowest BCUT2D eigenvalue weighted by atomic mass is 10.1. The Labute approximate surface area is 300 Å². The second kappa shape index (κ2) is 26.7. The van der Waals surface area contributed by atoms with E-state index in [1.54, 1.807) is 6.92 Å². The average molecular weight is 782 g/mol. The van der Waals surface area contributed by atoms with E-state index in [2.05, 4.69) is 4.90 Å². The molecule has 0 aliphatic carbocycles. The quantitative estimate of drug-likeness (QED) is 0.0298. The van der Waals surface area contributed by atoms with Crippen LogP contribution in [0.15, 0.2) is 0 Å². The fraction of sp³-hybridized carbons (Fsp3) is 0.941. The van der Waals surface area contributed by atoms with E-state index in [9.17, 15) is 53.5 Å². The molecule has 0 aliphatic rings. The van der Waals surface area contributed by atoms with Gasteiger partial charge in [0, 0.05) is 44.9 Å². The molecule has 18 heteroatoms. The first-order chi connectivity index (χ1) is 24.3. The number of nitrogens with zero attached hydrogens (tertiary/aromatic N) is 1. The molecule has 0 rings (SSSR count). The van der Waals surface area contributed by atoms with Crippen LogP contribution in [0, 0.1) is 5.92 Å². The standard InChI is InChI=1S/C34H57F10NO7/c1-4-45(5-2)21-16-24-50-30(47)52-26-27(3)25-51-28(46)17-10-11-18-29(48-22-14-8-6-12-19-31(35,36)33(39,40)41)49-23-15-9-7-13-20-32(37,38)34(42,43)44/h27,29H,4-26H2,1-3H3. The first kappa shape index (κ1) is 49.9. The molecule has 0 bridgehead atoms. The van der Waals surface area contributed by atoms with Crippen LogP contribution in [0.25, 0.3) is 0 Å². The lowest BCUT2D eigenvalue weighted by Crippen LogP contribution is -2.36. The van der Waals surface area contributed by atoms with E-state index < -0.39 is 55.5 Å². The SMILES string of the molecule is CCN(CC)CCCOC(=O)OCC(C)COC(=O)CCCCC(OCCCCCCC(F)(F)C(F)(F)F)OCCCCCCC(F)(F)C(F)(F)F. The molecule has 52 heavy (non-hydrogen) atoms. The van der Waals surface area contributed by atoms with E-state index in [1.807, 2.05) is 13.8 Å². The van der Waals surface area contributed by atoms with Gasteiger partial charge in [0.05, 0.1) is 13.2 Å². The average Bonchev–Trinajstić information content (AvgIpc) is 3.05. The van der Waals surface area contributed by atoms with Crippen molar-refractivity contribution >= 4 is 12.1 Å². The second-order valence-corrected chi connectivity index (χ2v) is 12.7. The van der Waals surface area contributed by atoms with Crippen LogP contribution in [0.1, 0.15) is 117 Å². The van der Waals surface area contributed by atoms with E-state index in [4.69, 9.17) is 23.7 Å². The monoisotopic (exact) mass is 781 g/mol. The van der Waals surface area contributed by atoms with Crippen LogP contribution in [-0.4, -0.2) is 100 Å². The molecule has 0 aromatic heterocycles. The summed E-state index contributed by atoms with van der Waals surface area (Å²) in [6.07, 6.45) is -12.5. The number of hydrogen-bond donors (Lipinski definition) is 0. The maximum Gasteiger partial charge on any atom is 0.508 e. The minimum absolute atomic E-state index is 0.00140. The van der Waals surface area contributed by atoms with Crippen molar-refractivity contribution in [2.75, 3.05) is 52.7 Å². The molecule has 0 aliphatic heterocycles. The van der Waals surface area contributed by atoms with Crippen molar-refractivity contribution in [1.29, 1.82) is 0 Å². The highest BCUT2D eigenvalue weighted by atomic mass is 19.4. The van der Waals surface area contributed by atoms with Crippen molar-refractivity contribution in [2.24, 2.45) is 5.92 Å². The highest BCUT2D eigenvalue weighted by molar-refractivity contribution is 5.69. The largest absolute Gasteiger partial charge is 0.508 e. The van der Waals surface area contributed by atoms with E-state index in [0.717, 1.165) is 19.6 Å². The minimum Gasteiger partial charge on any atom is -0.465 e. The molecule has 0 aromatic rings. The highest BCUT2D eigenvalue weighted by Gasteiger charge is 2.57. The van der Waals surface area contributed by atoms with Gasteiger partial charge in [-0.25, -0.2) is 4.79 Å². The van der Waals surface area contributed by atoms with Gasteiger partial charge < -0.3 is 28.6 Å². The van der Waals surface area contributed by atoms with E-state index >= 15 is 0 Å². The molecular formula is C34H57F10NO7. The summed E-state index contributed by atoms with van der Waals surface area (Å²) in [7, 11) is 0.